The number of benzene rings is 2. The predicted molar refractivity (Wildman–Crippen MR) is 106 cm³/mol. The highest BCUT2D eigenvalue weighted by atomic mass is 32.2. The molecule has 4 rings (SSSR count). The van der Waals surface area contributed by atoms with E-state index in [0.717, 1.165) is 24.0 Å². The number of aromatic nitrogens is 2. The summed E-state index contributed by atoms with van der Waals surface area (Å²) in [4.78, 5) is 0.247. The number of hydrogen-bond acceptors (Lipinski definition) is 3. The van der Waals surface area contributed by atoms with E-state index in [1.54, 1.807) is 6.20 Å². The quantitative estimate of drug-likeness (QED) is 0.698. The molecular weight excluding hydrogens is 358 g/mol. The Morgan fingerprint density at radius 2 is 1.59 bits per heavy atom. The molecule has 0 aliphatic heterocycles. The summed E-state index contributed by atoms with van der Waals surface area (Å²) in [6, 6.07) is 19.3. The predicted octanol–water partition coefficient (Wildman–Crippen LogP) is 4.14. The van der Waals surface area contributed by atoms with Crippen LogP contribution in [0.3, 0.4) is 0 Å². The Balaban J connectivity index is 1.69. The van der Waals surface area contributed by atoms with Gasteiger partial charge in [0.2, 0.25) is 10.0 Å². The molecule has 1 heterocycles. The Labute approximate surface area is 160 Å². The van der Waals surface area contributed by atoms with Crippen molar-refractivity contribution in [2.45, 2.75) is 43.2 Å². The number of hydrogen-bond donors (Lipinski definition) is 1. The highest BCUT2D eigenvalue weighted by molar-refractivity contribution is 7.89. The Hall–Kier alpha value is -2.44. The Bertz CT molecular complexity index is 992. The molecule has 0 spiro atoms. The lowest BCUT2D eigenvalue weighted by Gasteiger charge is -2.08. The molecule has 0 saturated heterocycles. The van der Waals surface area contributed by atoms with Gasteiger partial charge in [-0.3, -0.25) is 4.68 Å². The van der Waals surface area contributed by atoms with Crippen molar-refractivity contribution in [2.24, 2.45) is 0 Å². The first-order valence-electron chi connectivity index (χ1n) is 9.32. The van der Waals surface area contributed by atoms with E-state index in [4.69, 9.17) is 0 Å². The molecule has 0 atom stereocenters. The van der Waals surface area contributed by atoms with Gasteiger partial charge < -0.3 is 0 Å². The van der Waals surface area contributed by atoms with Crippen LogP contribution >= 0.6 is 0 Å². The van der Waals surface area contributed by atoms with Crippen LogP contribution in [0.4, 0.5) is 0 Å². The molecule has 3 aromatic rings. The van der Waals surface area contributed by atoms with Gasteiger partial charge in [-0.25, -0.2) is 13.1 Å². The molecule has 27 heavy (non-hydrogen) atoms. The van der Waals surface area contributed by atoms with Gasteiger partial charge in [0.05, 0.1) is 6.04 Å². The summed E-state index contributed by atoms with van der Waals surface area (Å²) in [6.07, 6.45) is 6.13. The second-order valence-electron chi connectivity index (χ2n) is 6.94. The van der Waals surface area contributed by atoms with E-state index < -0.39 is 10.0 Å². The number of nitrogens with zero attached hydrogens (tertiary/aromatic N) is 2. The summed E-state index contributed by atoms with van der Waals surface area (Å²) >= 11 is 0. The van der Waals surface area contributed by atoms with Gasteiger partial charge in [-0.05, 0) is 18.4 Å². The molecule has 140 valence electrons. The van der Waals surface area contributed by atoms with Crippen LogP contribution in [0.5, 0.6) is 0 Å². The van der Waals surface area contributed by atoms with E-state index in [1.807, 2.05) is 65.3 Å². The molecule has 1 aliphatic rings. The lowest BCUT2D eigenvalue weighted by atomic mass is 10.2. The molecular formula is C21H23N3O2S. The van der Waals surface area contributed by atoms with Crippen LogP contribution in [-0.2, 0) is 16.6 Å². The van der Waals surface area contributed by atoms with Crippen LogP contribution in [0, 0.1) is 0 Å². The van der Waals surface area contributed by atoms with Crippen molar-refractivity contribution < 1.29 is 8.42 Å². The van der Waals surface area contributed by atoms with E-state index >= 15 is 0 Å². The van der Waals surface area contributed by atoms with Gasteiger partial charge in [0.15, 0.2) is 0 Å². The van der Waals surface area contributed by atoms with Crippen molar-refractivity contribution in [3.05, 3.63) is 72.4 Å². The zero-order valence-electron chi connectivity index (χ0n) is 15.1. The van der Waals surface area contributed by atoms with Gasteiger partial charge in [-0.1, -0.05) is 73.5 Å². The van der Waals surface area contributed by atoms with Gasteiger partial charge in [-0.2, -0.15) is 5.10 Å². The Morgan fingerprint density at radius 3 is 2.26 bits per heavy atom. The van der Waals surface area contributed by atoms with Crippen molar-refractivity contribution in [2.75, 3.05) is 0 Å². The van der Waals surface area contributed by atoms with Gasteiger partial charge in [0.25, 0.3) is 0 Å². The lowest BCUT2D eigenvalue weighted by Crippen LogP contribution is -2.23. The molecule has 1 fully saturated rings. The first-order chi connectivity index (χ1) is 13.1. The first kappa shape index (κ1) is 17.9. The molecule has 1 N–H and O–H groups in total. The number of nitrogens with one attached hydrogen (secondary N) is 1. The van der Waals surface area contributed by atoms with Crippen LogP contribution < -0.4 is 4.72 Å². The monoisotopic (exact) mass is 381 g/mol. The van der Waals surface area contributed by atoms with Gasteiger partial charge in [0, 0.05) is 18.3 Å². The fourth-order valence-corrected chi connectivity index (χ4v) is 4.75. The van der Waals surface area contributed by atoms with E-state index in [-0.39, 0.29) is 17.5 Å². The second-order valence-corrected chi connectivity index (χ2v) is 8.67. The topological polar surface area (TPSA) is 64.0 Å². The molecule has 0 unspecified atom stereocenters. The van der Waals surface area contributed by atoms with E-state index in [1.165, 1.54) is 12.8 Å². The van der Waals surface area contributed by atoms with Gasteiger partial charge in [0.1, 0.15) is 10.6 Å². The standard InChI is InChI=1S/C21H23N3O2S/c25-27(26,22-15-17-9-3-1-4-10-17)20-16-24(19-13-7-8-14-19)23-21(20)18-11-5-2-6-12-18/h1-6,9-12,16,19,22H,7-8,13-15H2. The number of sulfonamides is 1. The largest absolute Gasteiger partial charge is 0.268 e. The second kappa shape index (κ2) is 7.66. The van der Waals surface area contributed by atoms with Gasteiger partial charge >= 0.3 is 0 Å². The summed E-state index contributed by atoms with van der Waals surface area (Å²) < 4.78 is 30.7. The van der Waals surface area contributed by atoms with Crippen LogP contribution in [0.1, 0.15) is 37.3 Å². The van der Waals surface area contributed by atoms with Crippen molar-refractivity contribution in [3.63, 3.8) is 0 Å². The first-order valence-corrected chi connectivity index (χ1v) is 10.8. The molecule has 0 radical (unpaired) electrons. The zero-order chi connectivity index (χ0) is 18.7. The zero-order valence-corrected chi connectivity index (χ0v) is 15.9. The lowest BCUT2D eigenvalue weighted by molar-refractivity contribution is 0.467. The molecule has 6 heteroatoms. The molecule has 1 aromatic heterocycles. The minimum atomic E-state index is -3.68. The van der Waals surface area contributed by atoms with Crippen LogP contribution in [0.2, 0.25) is 0 Å². The summed E-state index contributed by atoms with van der Waals surface area (Å²) in [5, 5.41) is 4.68. The molecule has 1 aliphatic carbocycles. The maximum Gasteiger partial charge on any atom is 0.244 e. The van der Waals surface area contributed by atoms with Crippen LogP contribution in [0.25, 0.3) is 11.3 Å². The summed E-state index contributed by atoms with van der Waals surface area (Å²) in [6.45, 7) is 0.256. The minimum Gasteiger partial charge on any atom is -0.268 e. The van der Waals surface area contributed by atoms with E-state index in [9.17, 15) is 8.42 Å². The molecule has 1 saturated carbocycles. The summed E-state index contributed by atoms with van der Waals surface area (Å²) in [5.41, 5.74) is 2.25. The highest BCUT2D eigenvalue weighted by Crippen LogP contribution is 2.33. The normalized spacial score (nSPS) is 15.3. The summed E-state index contributed by atoms with van der Waals surface area (Å²) in [7, 11) is -3.68. The fraction of sp³-hybridized carbons (Fsp3) is 0.286. The van der Waals surface area contributed by atoms with E-state index in [0.29, 0.717) is 5.69 Å². The molecule has 5 nitrogen and oxygen atoms in total. The van der Waals surface area contributed by atoms with Crippen LogP contribution in [0.15, 0.2) is 71.8 Å². The van der Waals surface area contributed by atoms with Crippen molar-refractivity contribution >= 4 is 10.0 Å². The Morgan fingerprint density at radius 1 is 0.963 bits per heavy atom. The fourth-order valence-electron chi connectivity index (χ4n) is 3.58. The summed E-state index contributed by atoms with van der Waals surface area (Å²) in [5.74, 6) is 0. The molecule has 2 aromatic carbocycles. The highest BCUT2D eigenvalue weighted by Gasteiger charge is 2.26. The third kappa shape index (κ3) is 3.96. The molecule has 0 bridgehead atoms. The van der Waals surface area contributed by atoms with Crippen molar-refractivity contribution in [1.29, 1.82) is 0 Å². The van der Waals surface area contributed by atoms with E-state index in [2.05, 4.69) is 9.82 Å². The maximum atomic E-state index is 13.1. The maximum absolute atomic E-state index is 13.1. The van der Waals surface area contributed by atoms with Gasteiger partial charge in [-0.15, -0.1) is 0 Å². The van der Waals surface area contributed by atoms with Crippen molar-refractivity contribution in [1.82, 2.24) is 14.5 Å². The Kier molecular flexibility index (Phi) is 5.09. The van der Waals surface area contributed by atoms with Crippen LogP contribution in [-0.4, -0.2) is 18.2 Å². The molecule has 0 amide bonds. The average molecular weight is 382 g/mol. The third-order valence-electron chi connectivity index (χ3n) is 5.04. The average Bonchev–Trinajstić information content (AvgIpc) is 3.38. The number of rotatable bonds is 6. The van der Waals surface area contributed by atoms with Crippen molar-refractivity contribution in [3.8, 4) is 11.3 Å². The third-order valence-corrected chi connectivity index (χ3v) is 6.45. The SMILES string of the molecule is O=S(=O)(NCc1ccccc1)c1cn(C2CCCC2)nc1-c1ccccc1. The smallest absolute Gasteiger partial charge is 0.244 e. The minimum absolute atomic E-state index is 0.247.